The lowest BCUT2D eigenvalue weighted by molar-refractivity contribution is 0.395. The molecule has 0 aliphatic rings. The third kappa shape index (κ3) is 3.34. The summed E-state index contributed by atoms with van der Waals surface area (Å²) in [5.41, 5.74) is 5.51. The predicted molar refractivity (Wildman–Crippen MR) is 64.9 cm³/mol. The molecule has 16 heavy (non-hydrogen) atoms. The third-order valence-electron chi connectivity index (χ3n) is 2.35. The lowest BCUT2D eigenvalue weighted by Gasteiger charge is -2.22. The van der Waals surface area contributed by atoms with Crippen LogP contribution in [-0.2, 0) is 0 Å². The van der Waals surface area contributed by atoms with Crippen LogP contribution in [0.3, 0.4) is 0 Å². The fourth-order valence-electron chi connectivity index (χ4n) is 1.51. The topological polar surface area (TPSA) is 64.3 Å². The minimum absolute atomic E-state index is 0.605. The highest BCUT2D eigenvalue weighted by Crippen LogP contribution is 2.17. The summed E-state index contributed by atoms with van der Waals surface area (Å²) in [5, 5.41) is 0. The first-order valence-electron chi connectivity index (χ1n) is 5.56. The van der Waals surface area contributed by atoms with Crippen molar-refractivity contribution in [3.8, 4) is 5.88 Å². The first kappa shape index (κ1) is 12.7. The summed E-state index contributed by atoms with van der Waals surface area (Å²) in [4.78, 5) is 10.7. The van der Waals surface area contributed by atoms with Crippen LogP contribution >= 0.6 is 0 Å². The van der Waals surface area contributed by atoms with E-state index < -0.39 is 0 Å². The van der Waals surface area contributed by atoms with Gasteiger partial charge in [-0.2, -0.15) is 4.98 Å². The van der Waals surface area contributed by atoms with E-state index in [1.807, 2.05) is 13.0 Å². The molecule has 1 rings (SSSR count). The van der Waals surface area contributed by atoms with Gasteiger partial charge in [0.25, 0.3) is 0 Å². The molecule has 5 heteroatoms. The number of ether oxygens (including phenoxy) is 1. The zero-order valence-corrected chi connectivity index (χ0v) is 10.2. The number of nitrogens with two attached hydrogens (primary N) is 1. The van der Waals surface area contributed by atoms with Crippen molar-refractivity contribution in [3.05, 3.63) is 11.9 Å². The van der Waals surface area contributed by atoms with Gasteiger partial charge in [-0.05, 0) is 26.8 Å². The van der Waals surface area contributed by atoms with Crippen molar-refractivity contribution in [1.29, 1.82) is 0 Å². The van der Waals surface area contributed by atoms with Crippen LogP contribution in [0.2, 0.25) is 0 Å². The number of hydrogen-bond donors (Lipinski definition) is 1. The third-order valence-corrected chi connectivity index (χ3v) is 2.35. The Balaban J connectivity index is 2.86. The second kappa shape index (κ2) is 6.27. The summed E-state index contributed by atoms with van der Waals surface area (Å²) in [6, 6.07) is 1.85. The maximum absolute atomic E-state index is 5.51. The van der Waals surface area contributed by atoms with Gasteiger partial charge < -0.3 is 15.4 Å². The number of aromatic nitrogens is 2. The highest BCUT2D eigenvalue weighted by molar-refractivity contribution is 5.41. The maximum Gasteiger partial charge on any atom is 0.218 e. The van der Waals surface area contributed by atoms with Crippen molar-refractivity contribution in [1.82, 2.24) is 9.97 Å². The molecule has 90 valence electrons. The Labute approximate surface area is 96.6 Å². The molecule has 0 aliphatic carbocycles. The maximum atomic E-state index is 5.51. The van der Waals surface area contributed by atoms with Crippen molar-refractivity contribution < 1.29 is 4.74 Å². The Morgan fingerprint density at radius 1 is 1.44 bits per heavy atom. The number of nitrogens with zero attached hydrogens (tertiary/aromatic N) is 3. The average Bonchev–Trinajstić information content (AvgIpc) is 2.29. The number of anilines is 1. The Morgan fingerprint density at radius 3 is 2.75 bits per heavy atom. The van der Waals surface area contributed by atoms with Crippen LogP contribution in [0, 0.1) is 6.92 Å². The minimum Gasteiger partial charge on any atom is -0.481 e. The highest BCUT2D eigenvalue weighted by Gasteiger charge is 2.08. The van der Waals surface area contributed by atoms with Crippen molar-refractivity contribution >= 4 is 5.82 Å². The molecule has 0 amide bonds. The van der Waals surface area contributed by atoms with Crippen LogP contribution in [-0.4, -0.2) is 36.7 Å². The van der Waals surface area contributed by atoms with Crippen molar-refractivity contribution in [2.45, 2.75) is 20.3 Å². The van der Waals surface area contributed by atoms with E-state index in [-0.39, 0.29) is 0 Å². The molecule has 0 fully saturated rings. The molecule has 0 bridgehead atoms. The molecular weight excluding hydrogens is 204 g/mol. The lowest BCUT2D eigenvalue weighted by atomic mass is 10.3. The van der Waals surface area contributed by atoms with E-state index in [0.29, 0.717) is 12.4 Å². The van der Waals surface area contributed by atoms with Crippen molar-refractivity contribution in [3.63, 3.8) is 0 Å². The van der Waals surface area contributed by atoms with E-state index in [2.05, 4.69) is 21.8 Å². The number of rotatable bonds is 6. The number of aryl methyl sites for hydroxylation is 1. The van der Waals surface area contributed by atoms with E-state index >= 15 is 0 Å². The Morgan fingerprint density at radius 2 is 2.19 bits per heavy atom. The molecule has 0 aromatic carbocycles. The molecule has 2 N–H and O–H groups in total. The van der Waals surface area contributed by atoms with E-state index in [1.165, 1.54) is 0 Å². The van der Waals surface area contributed by atoms with E-state index in [4.69, 9.17) is 10.5 Å². The van der Waals surface area contributed by atoms with Gasteiger partial charge in [-0.3, -0.25) is 0 Å². The minimum atomic E-state index is 0.605. The highest BCUT2D eigenvalue weighted by atomic mass is 16.5. The van der Waals surface area contributed by atoms with Gasteiger partial charge in [0.15, 0.2) is 0 Å². The zero-order chi connectivity index (χ0) is 12.0. The summed E-state index contributed by atoms with van der Waals surface area (Å²) in [5.74, 6) is 2.23. The van der Waals surface area contributed by atoms with Gasteiger partial charge in [0.2, 0.25) is 5.88 Å². The van der Waals surface area contributed by atoms with Gasteiger partial charge in [0, 0.05) is 19.2 Å². The smallest absolute Gasteiger partial charge is 0.218 e. The Kier molecular flexibility index (Phi) is 4.98. The molecule has 0 unspecified atom stereocenters. The van der Waals surface area contributed by atoms with E-state index in [9.17, 15) is 0 Å². The second-order valence-electron chi connectivity index (χ2n) is 3.54. The monoisotopic (exact) mass is 224 g/mol. The number of hydrogen-bond acceptors (Lipinski definition) is 5. The van der Waals surface area contributed by atoms with Gasteiger partial charge in [-0.1, -0.05) is 0 Å². The SMILES string of the molecule is CCN(CCCN)c1cc(OC)nc(C)n1. The van der Waals surface area contributed by atoms with Crippen LogP contribution in [0.4, 0.5) is 5.82 Å². The summed E-state index contributed by atoms with van der Waals surface area (Å²) >= 11 is 0. The fraction of sp³-hybridized carbons (Fsp3) is 0.636. The first-order chi connectivity index (χ1) is 7.71. The molecule has 1 aromatic rings. The van der Waals surface area contributed by atoms with Crippen molar-refractivity contribution in [2.75, 3.05) is 31.6 Å². The Bertz CT molecular complexity index is 330. The second-order valence-corrected chi connectivity index (χ2v) is 3.54. The summed E-state index contributed by atoms with van der Waals surface area (Å²) in [6.07, 6.45) is 0.958. The molecule has 0 radical (unpaired) electrons. The molecule has 0 aliphatic heterocycles. The molecule has 0 saturated heterocycles. The molecule has 0 spiro atoms. The van der Waals surface area contributed by atoms with Gasteiger partial charge in [0.1, 0.15) is 11.6 Å². The lowest BCUT2D eigenvalue weighted by Crippen LogP contribution is -2.26. The standard InChI is InChI=1S/C11H20N4O/c1-4-15(7-5-6-12)10-8-11(16-3)14-9(2)13-10/h8H,4-7,12H2,1-3H3. The van der Waals surface area contributed by atoms with Crippen LogP contribution in [0.5, 0.6) is 5.88 Å². The largest absolute Gasteiger partial charge is 0.481 e. The summed E-state index contributed by atoms with van der Waals surface area (Å²) in [6.45, 7) is 6.47. The van der Waals surface area contributed by atoms with E-state index in [1.54, 1.807) is 7.11 Å². The van der Waals surface area contributed by atoms with E-state index in [0.717, 1.165) is 31.2 Å². The first-order valence-corrected chi connectivity index (χ1v) is 5.56. The predicted octanol–water partition coefficient (Wildman–Crippen LogP) is 0.969. The molecule has 0 atom stereocenters. The van der Waals surface area contributed by atoms with Gasteiger partial charge >= 0.3 is 0 Å². The molecule has 1 heterocycles. The van der Waals surface area contributed by atoms with Crippen LogP contribution < -0.4 is 15.4 Å². The molecule has 5 nitrogen and oxygen atoms in total. The fourth-order valence-corrected chi connectivity index (χ4v) is 1.51. The van der Waals surface area contributed by atoms with Crippen LogP contribution in [0.15, 0.2) is 6.07 Å². The molecular formula is C11H20N4O. The van der Waals surface area contributed by atoms with Gasteiger partial charge in [0.05, 0.1) is 7.11 Å². The quantitative estimate of drug-likeness (QED) is 0.780. The zero-order valence-electron chi connectivity index (χ0n) is 10.2. The molecule has 0 saturated carbocycles. The van der Waals surface area contributed by atoms with Crippen molar-refractivity contribution in [2.24, 2.45) is 5.73 Å². The average molecular weight is 224 g/mol. The number of methoxy groups -OCH3 is 1. The van der Waals surface area contributed by atoms with Gasteiger partial charge in [-0.15, -0.1) is 0 Å². The molecule has 1 aromatic heterocycles. The Hall–Kier alpha value is -1.36. The summed E-state index contributed by atoms with van der Waals surface area (Å²) < 4.78 is 5.13. The summed E-state index contributed by atoms with van der Waals surface area (Å²) in [7, 11) is 1.61. The normalized spacial score (nSPS) is 10.2. The van der Waals surface area contributed by atoms with Crippen LogP contribution in [0.1, 0.15) is 19.2 Å². The van der Waals surface area contributed by atoms with Crippen LogP contribution in [0.25, 0.3) is 0 Å². The van der Waals surface area contributed by atoms with Gasteiger partial charge in [-0.25, -0.2) is 4.98 Å².